The van der Waals surface area contributed by atoms with E-state index >= 15 is 0 Å². The van der Waals surface area contributed by atoms with Gasteiger partial charge in [0.1, 0.15) is 5.76 Å². The van der Waals surface area contributed by atoms with Gasteiger partial charge in [-0.05, 0) is 34.5 Å². The molecular formula is C22H26BrN3O3S. The summed E-state index contributed by atoms with van der Waals surface area (Å²) in [5, 5.41) is 14.8. The van der Waals surface area contributed by atoms with Gasteiger partial charge in [-0.3, -0.25) is 4.79 Å². The fraction of sp³-hybridized carbons (Fsp3) is 0.318. The highest BCUT2D eigenvalue weighted by atomic mass is 79.9. The minimum absolute atomic E-state index is 0.00952. The second kappa shape index (κ2) is 11.1. The molecule has 0 aliphatic heterocycles. The van der Waals surface area contributed by atoms with Crippen molar-refractivity contribution in [1.29, 1.82) is 0 Å². The second-order valence-electron chi connectivity index (χ2n) is 6.85. The monoisotopic (exact) mass is 491 g/mol. The van der Waals surface area contributed by atoms with Gasteiger partial charge in [0.05, 0.1) is 12.1 Å². The minimum atomic E-state index is -0.850. The van der Waals surface area contributed by atoms with Gasteiger partial charge in [0.2, 0.25) is 0 Å². The number of aromatic nitrogens is 2. The first-order valence-electron chi connectivity index (χ1n) is 9.65. The molecule has 0 amide bonds. The first kappa shape index (κ1) is 23.8. The van der Waals surface area contributed by atoms with Crippen LogP contribution in [0.3, 0.4) is 0 Å². The van der Waals surface area contributed by atoms with Crippen molar-refractivity contribution in [3.8, 4) is 5.75 Å². The SMILES string of the molecule is CC.CC(C)(CC(=O)O)c1csc(Nc2ncc(Br)cc2OC2=CCC=CC=C2)n1. The Balaban J connectivity index is 0.00000155. The number of halogens is 1. The van der Waals surface area contributed by atoms with Crippen LogP contribution in [-0.4, -0.2) is 21.0 Å². The quantitative estimate of drug-likeness (QED) is 0.453. The number of ether oxygens (including phenoxy) is 1. The van der Waals surface area contributed by atoms with Crippen LogP contribution in [0.15, 0.2) is 58.3 Å². The summed E-state index contributed by atoms with van der Waals surface area (Å²) in [6.45, 7) is 7.73. The number of hydrogen-bond acceptors (Lipinski definition) is 6. The van der Waals surface area contributed by atoms with Crippen molar-refractivity contribution in [3.05, 3.63) is 63.9 Å². The summed E-state index contributed by atoms with van der Waals surface area (Å²) >= 11 is 4.83. The van der Waals surface area contributed by atoms with Crippen molar-refractivity contribution in [2.75, 3.05) is 5.32 Å². The van der Waals surface area contributed by atoms with Gasteiger partial charge < -0.3 is 15.2 Å². The van der Waals surface area contributed by atoms with Crippen LogP contribution in [0.25, 0.3) is 0 Å². The van der Waals surface area contributed by atoms with Gasteiger partial charge in [-0.25, -0.2) is 9.97 Å². The molecule has 0 atom stereocenters. The van der Waals surface area contributed by atoms with Crippen molar-refractivity contribution in [2.24, 2.45) is 0 Å². The molecule has 30 heavy (non-hydrogen) atoms. The zero-order valence-electron chi connectivity index (χ0n) is 17.5. The second-order valence-corrected chi connectivity index (χ2v) is 8.62. The lowest BCUT2D eigenvalue weighted by Gasteiger charge is -2.19. The zero-order valence-corrected chi connectivity index (χ0v) is 19.9. The van der Waals surface area contributed by atoms with Gasteiger partial charge in [0, 0.05) is 27.5 Å². The number of carboxylic acid groups (broad SMARTS) is 1. The highest BCUT2D eigenvalue weighted by Gasteiger charge is 2.27. The Hall–Kier alpha value is -2.45. The molecule has 1 aliphatic carbocycles. The van der Waals surface area contributed by atoms with Crippen LogP contribution in [0, 0.1) is 0 Å². The van der Waals surface area contributed by atoms with Gasteiger partial charge in [-0.2, -0.15) is 0 Å². The number of pyridine rings is 1. The van der Waals surface area contributed by atoms with Crippen molar-refractivity contribution in [3.63, 3.8) is 0 Å². The Bertz CT molecular complexity index is 964. The molecule has 0 radical (unpaired) electrons. The van der Waals surface area contributed by atoms with Crippen molar-refractivity contribution in [2.45, 2.75) is 46.0 Å². The van der Waals surface area contributed by atoms with E-state index in [1.165, 1.54) is 11.3 Å². The number of anilines is 2. The van der Waals surface area contributed by atoms with Gasteiger partial charge in [-0.1, -0.05) is 45.9 Å². The number of aliphatic carboxylic acids is 1. The summed E-state index contributed by atoms with van der Waals surface area (Å²) in [5.41, 5.74) is 0.167. The predicted molar refractivity (Wildman–Crippen MR) is 126 cm³/mol. The maximum Gasteiger partial charge on any atom is 0.304 e. The summed E-state index contributed by atoms with van der Waals surface area (Å²) in [6, 6.07) is 1.84. The fourth-order valence-electron chi connectivity index (χ4n) is 2.57. The van der Waals surface area contributed by atoms with E-state index in [1.807, 2.05) is 69.5 Å². The molecule has 160 valence electrons. The molecule has 2 aromatic heterocycles. The Morgan fingerprint density at radius 1 is 1.37 bits per heavy atom. The maximum absolute atomic E-state index is 11.1. The van der Waals surface area contributed by atoms with E-state index in [-0.39, 0.29) is 6.42 Å². The van der Waals surface area contributed by atoms with Gasteiger partial charge >= 0.3 is 5.97 Å². The Morgan fingerprint density at radius 2 is 2.13 bits per heavy atom. The molecule has 3 rings (SSSR count). The largest absolute Gasteiger partial charge is 0.481 e. The standard InChI is InChI=1S/C20H20BrN3O3S.C2H6/c1-20(2,10-17(25)26)16-12-28-19(23-16)24-18-15(9-13(21)11-22-18)27-14-7-5-3-4-6-8-14;1-2/h3-5,7-9,11-12H,6,10H2,1-2H3,(H,25,26)(H,22,23,24);1-2H3. The molecule has 0 unspecified atom stereocenters. The predicted octanol–water partition coefficient (Wildman–Crippen LogP) is 6.60. The highest BCUT2D eigenvalue weighted by Crippen LogP contribution is 2.34. The van der Waals surface area contributed by atoms with Gasteiger partial charge in [0.25, 0.3) is 0 Å². The van der Waals surface area contributed by atoms with E-state index in [0.717, 1.165) is 22.3 Å². The molecule has 8 heteroatoms. The molecule has 0 bridgehead atoms. The van der Waals surface area contributed by atoms with Gasteiger partial charge in [-0.15, -0.1) is 11.3 Å². The number of nitrogens with zero attached hydrogens (tertiary/aromatic N) is 2. The fourth-order valence-corrected chi connectivity index (χ4v) is 3.78. The van der Waals surface area contributed by atoms with Crippen LogP contribution in [0.2, 0.25) is 0 Å². The molecule has 0 spiro atoms. The molecule has 2 aromatic rings. The third-order valence-electron chi connectivity index (χ3n) is 4.03. The Kier molecular flexibility index (Phi) is 8.80. The van der Waals surface area contributed by atoms with E-state index in [4.69, 9.17) is 9.84 Å². The molecule has 0 fully saturated rings. The smallest absolute Gasteiger partial charge is 0.304 e. The number of hydrogen-bond donors (Lipinski definition) is 2. The molecule has 2 N–H and O–H groups in total. The molecule has 0 aromatic carbocycles. The number of carbonyl (C=O) groups is 1. The van der Waals surface area contributed by atoms with Crippen LogP contribution in [0.4, 0.5) is 10.9 Å². The number of nitrogens with one attached hydrogen (secondary N) is 1. The summed E-state index contributed by atoms with van der Waals surface area (Å²) in [7, 11) is 0. The van der Waals surface area contributed by atoms with E-state index in [0.29, 0.717) is 16.7 Å². The van der Waals surface area contributed by atoms with E-state index in [2.05, 4.69) is 31.2 Å². The van der Waals surface area contributed by atoms with E-state index in [1.54, 1.807) is 6.20 Å². The van der Waals surface area contributed by atoms with Crippen LogP contribution in [-0.2, 0) is 10.2 Å². The van der Waals surface area contributed by atoms with E-state index < -0.39 is 11.4 Å². The molecule has 1 aliphatic rings. The lowest BCUT2D eigenvalue weighted by atomic mass is 9.86. The lowest BCUT2D eigenvalue weighted by Crippen LogP contribution is -2.22. The first-order valence-corrected chi connectivity index (χ1v) is 11.3. The summed E-state index contributed by atoms with van der Waals surface area (Å²) < 4.78 is 6.82. The minimum Gasteiger partial charge on any atom is -0.481 e. The van der Waals surface area contributed by atoms with Crippen LogP contribution < -0.4 is 10.1 Å². The number of allylic oxidation sites excluding steroid dienone is 5. The number of carboxylic acids is 1. The summed E-state index contributed by atoms with van der Waals surface area (Å²) in [6.07, 6.45) is 12.3. The Labute approximate surface area is 189 Å². The van der Waals surface area contributed by atoms with Crippen LogP contribution >= 0.6 is 27.3 Å². The van der Waals surface area contributed by atoms with Crippen molar-refractivity contribution >= 4 is 44.2 Å². The van der Waals surface area contributed by atoms with E-state index in [9.17, 15) is 4.79 Å². The molecular weight excluding hydrogens is 466 g/mol. The Morgan fingerprint density at radius 3 is 2.87 bits per heavy atom. The topological polar surface area (TPSA) is 84.3 Å². The van der Waals surface area contributed by atoms with Crippen LogP contribution in [0.5, 0.6) is 5.75 Å². The number of thiazole rings is 1. The van der Waals surface area contributed by atoms with Crippen molar-refractivity contribution < 1.29 is 14.6 Å². The van der Waals surface area contributed by atoms with Crippen LogP contribution in [0.1, 0.15) is 46.2 Å². The lowest BCUT2D eigenvalue weighted by molar-refractivity contribution is -0.138. The molecule has 0 saturated carbocycles. The average molecular weight is 492 g/mol. The molecule has 0 saturated heterocycles. The van der Waals surface area contributed by atoms with Crippen molar-refractivity contribution in [1.82, 2.24) is 9.97 Å². The maximum atomic E-state index is 11.1. The normalized spacial score (nSPS) is 13.0. The highest BCUT2D eigenvalue weighted by molar-refractivity contribution is 9.10. The average Bonchev–Trinajstić information content (AvgIpc) is 3.02. The van der Waals surface area contributed by atoms with Gasteiger partial charge in [0.15, 0.2) is 16.7 Å². The summed E-state index contributed by atoms with van der Waals surface area (Å²) in [5.74, 6) is 0.979. The third-order valence-corrected chi connectivity index (χ3v) is 5.22. The molecule has 2 heterocycles. The third kappa shape index (κ3) is 6.81. The number of rotatable bonds is 7. The zero-order chi connectivity index (χ0) is 22.1. The first-order chi connectivity index (χ1) is 14.3. The molecule has 6 nitrogen and oxygen atoms in total. The summed E-state index contributed by atoms with van der Waals surface area (Å²) in [4.78, 5) is 20.0.